The van der Waals surface area contributed by atoms with Gasteiger partial charge in [0, 0.05) is 19.3 Å². The van der Waals surface area contributed by atoms with Gasteiger partial charge in [-0.15, -0.1) is 0 Å². The fourth-order valence-corrected chi connectivity index (χ4v) is 1.29. The quantitative estimate of drug-likeness (QED) is 0.583. The summed E-state index contributed by atoms with van der Waals surface area (Å²) in [5, 5.41) is 9.86. The number of hydrogen-bond acceptors (Lipinski definition) is 3. The lowest BCUT2D eigenvalue weighted by molar-refractivity contribution is -0.121. The molecule has 0 bridgehead atoms. The Labute approximate surface area is 84.7 Å². The molecule has 1 N–H and O–H groups in total. The first kappa shape index (κ1) is 10.2. The summed E-state index contributed by atoms with van der Waals surface area (Å²) in [6.07, 6.45) is 2.57. The van der Waals surface area contributed by atoms with E-state index in [0.29, 0.717) is 5.06 Å². The highest BCUT2D eigenvalue weighted by molar-refractivity contribution is 6.39. The van der Waals surface area contributed by atoms with E-state index in [0.717, 1.165) is 0 Å². The second kappa shape index (κ2) is 3.91. The number of amides is 1. The molecule has 1 heterocycles. The molecule has 1 rings (SSSR count). The number of hydrogen-bond donors (Lipinski definition) is 1. The Kier molecular flexibility index (Phi) is 3.08. The topological polar surface area (TPSA) is 53.4 Å². The highest BCUT2D eigenvalue weighted by Gasteiger charge is 2.15. The van der Waals surface area contributed by atoms with Crippen LogP contribution >= 0.6 is 23.2 Å². The Hall–Kier alpha value is -0.840. The van der Waals surface area contributed by atoms with Crippen molar-refractivity contribution in [3.63, 3.8) is 0 Å². The van der Waals surface area contributed by atoms with E-state index in [2.05, 4.69) is 4.98 Å². The van der Waals surface area contributed by atoms with Gasteiger partial charge in [-0.2, -0.15) is 5.06 Å². The maximum Gasteiger partial charge on any atom is 0.247 e. The molecule has 0 aliphatic carbocycles. The van der Waals surface area contributed by atoms with Crippen molar-refractivity contribution < 1.29 is 10.0 Å². The molecular formula is C7H6Cl2N2O2. The number of anilines is 1. The number of rotatable bonds is 1. The first-order chi connectivity index (χ1) is 6.04. The van der Waals surface area contributed by atoms with E-state index in [4.69, 9.17) is 23.2 Å². The van der Waals surface area contributed by atoms with Gasteiger partial charge in [0.15, 0.2) is 0 Å². The average Bonchev–Trinajstić information content (AvgIpc) is 2.03. The number of aromatic nitrogens is 1. The molecule has 0 aliphatic heterocycles. The third kappa shape index (κ3) is 2.09. The number of halogens is 2. The van der Waals surface area contributed by atoms with Gasteiger partial charge in [0.2, 0.25) is 5.91 Å². The molecule has 0 aliphatic rings. The Morgan fingerprint density at radius 1 is 1.46 bits per heavy atom. The molecule has 4 nitrogen and oxygen atoms in total. The van der Waals surface area contributed by atoms with Crippen molar-refractivity contribution in [2.45, 2.75) is 6.92 Å². The molecular weight excluding hydrogens is 215 g/mol. The molecule has 0 aromatic carbocycles. The van der Waals surface area contributed by atoms with Crippen molar-refractivity contribution in [2.75, 3.05) is 5.06 Å². The van der Waals surface area contributed by atoms with Crippen LogP contribution in [-0.4, -0.2) is 16.1 Å². The first-order valence-corrected chi connectivity index (χ1v) is 4.08. The predicted molar refractivity (Wildman–Crippen MR) is 49.2 cm³/mol. The number of carbonyl (C=O) groups is 1. The van der Waals surface area contributed by atoms with Crippen molar-refractivity contribution in [1.29, 1.82) is 0 Å². The Morgan fingerprint density at radius 2 is 1.92 bits per heavy atom. The largest absolute Gasteiger partial charge is 0.281 e. The minimum Gasteiger partial charge on any atom is -0.281 e. The van der Waals surface area contributed by atoms with Crippen molar-refractivity contribution in [3.8, 4) is 0 Å². The van der Waals surface area contributed by atoms with Crippen LogP contribution in [-0.2, 0) is 4.79 Å². The minimum absolute atomic E-state index is 0.0471. The smallest absolute Gasteiger partial charge is 0.247 e. The monoisotopic (exact) mass is 220 g/mol. The molecule has 0 radical (unpaired) electrons. The Balaban J connectivity index is 3.20. The summed E-state index contributed by atoms with van der Waals surface area (Å²) < 4.78 is 0. The second-order valence-corrected chi connectivity index (χ2v) is 3.10. The highest BCUT2D eigenvalue weighted by Crippen LogP contribution is 2.31. The lowest BCUT2D eigenvalue weighted by atomic mass is 10.4. The lowest BCUT2D eigenvalue weighted by Gasteiger charge is -2.14. The van der Waals surface area contributed by atoms with Crippen LogP contribution in [0.25, 0.3) is 0 Å². The molecule has 1 aromatic heterocycles. The normalized spacial score (nSPS) is 9.85. The molecule has 0 saturated heterocycles. The van der Waals surface area contributed by atoms with Gasteiger partial charge in [0.25, 0.3) is 0 Å². The first-order valence-electron chi connectivity index (χ1n) is 3.32. The molecule has 0 fully saturated rings. The standard InChI is InChI=1S/C7H6Cl2N2O2/c1-4(12)11(13)7-5(8)2-10-3-6(7)9/h2-3,13H,1H3. The Bertz CT molecular complexity index is 323. The van der Waals surface area contributed by atoms with Crippen molar-refractivity contribution in [1.82, 2.24) is 4.98 Å². The highest BCUT2D eigenvalue weighted by atomic mass is 35.5. The van der Waals surface area contributed by atoms with Gasteiger partial charge < -0.3 is 0 Å². The van der Waals surface area contributed by atoms with Gasteiger partial charge in [-0.25, -0.2) is 0 Å². The van der Waals surface area contributed by atoms with Crippen LogP contribution in [0.1, 0.15) is 6.92 Å². The number of carbonyl (C=O) groups excluding carboxylic acids is 1. The summed E-state index contributed by atoms with van der Waals surface area (Å²) in [5.74, 6) is -0.574. The van der Waals surface area contributed by atoms with Crippen molar-refractivity contribution >= 4 is 34.8 Å². The molecule has 6 heteroatoms. The lowest BCUT2D eigenvalue weighted by Crippen LogP contribution is -2.24. The van der Waals surface area contributed by atoms with Crippen LogP contribution in [0.15, 0.2) is 12.4 Å². The summed E-state index contributed by atoms with van der Waals surface area (Å²) in [6.45, 7) is 1.19. The molecule has 70 valence electrons. The zero-order chi connectivity index (χ0) is 10.0. The van der Waals surface area contributed by atoms with Crippen LogP contribution in [0.5, 0.6) is 0 Å². The zero-order valence-corrected chi connectivity index (χ0v) is 8.17. The van der Waals surface area contributed by atoms with E-state index in [-0.39, 0.29) is 15.7 Å². The van der Waals surface area contributed by atoms with Gasteiger partial charge in [-0.05, 0) is 0 Å². The minimum atomic E-state index is -0.574. The van der Waals surface area contributed by atoms with Crippen LogP contribution in [0.4, 0.5) is 5.69 Å². The van der Waals surface area contributed by atoms with Crippen LogP contribution in [0, 0.1) is 0 Å². The summed E-state index contributed by atoms with van der Waals surface area (Å²) in [6, 6.07) is 0. The number of pyridine rings is 1. The predicted octanol–water partition coefficient (Wildman–Crippen LogP) is 2.13. The van der Waals surface area contributed by atoms with Crippen LogP contribution in [0.3, 0.4) is 0 Å². The molecule has 1 aromatic rings. The van der Waals surface area contributed by atoms with E-state index in [1.54, 1.807) is 0 Å². The van der Waals surface area contributed by atoms with Gasteiger partial charge >= 0.3 is 0 Å². The van der Waals surface area contributed by atoms with Gasteiger partial charge in [0.05, 0.1) is 10.0 Å². The van der Waals surface area contributed by atoms with Gasteiger partial charge in [0.1, 0.15) is 5.69 Å². The van der Waals surface area contributed by atoms with E-state index >= 15 is 0 Å². The van der Waals surface area contributed by atoms with Crippen molar-refractivity contribution in [2.24, 2.45) is 0 Å². The zero-order valence-electron chi connectivity index (χ0n) is 6.66. The second-order valence-electron chi connectivity index (χ2n) is 2.28. The maximum atomic E-state index is 10.8. The molecule has 0 unspecified atom stereocenters. The fourth-order valence-electron chi connectivity index (χ4n) is 0.764. The van der Waals surface area contributed by atoms with E-state index < -0.39 is 5.91 Å². The van der Waals surface area contributed by atoms with E-state index in [1.807, 2.05) is 0 Å². The number of hydroxylamine groups is 1. The van der Waals surface area contributed by atoms with E-state index in [9.17, 15) is 10.0 Å². The van der Waals surface area contributed by atoms with Crippen LogP contribution in [0.2, 0.25) is 10.0 Å². The van der Waals surface area contributed by atoms with E-state index in [1.165, 1.54) is 19.3 Å². The molecule has 0 saturated carbocycles. The summed E-state index contributed by atoms with van der Waals surface area (Å²) >= 11 is 11.3. The van der Waals surface area contributed by atoms with Gasteiger partial charge in [-0.3, -0.25) is 15.0 Å². The van der Waals surface area contributed by atoms with Crippen LogP contribution < -0.4 is 5.06 Å². The summed E-state index contributed by atoms with van der Waals surface area (Å²) in [5.41, 5.74) is 0.0471. The SMILES string of the molecule is CC(=O)N(O)c1c(Cl)cncc1Cl. The average molecular weight is 221 g/mol. The van der Waals surface area contributed by atoms with Gasteiger partial charge in [-0.1, -0.05) is 23.2 Å². The third-order valence-electron chi connectivity index (χ3n) is 1.34. The molecule has 1 amide bonds. The summed E-state index contributed by atoms with van der Waals surface area (Å²) in [7, 11) is 0. The maximum absolute atomic E-state index is 10.8. The number of nitrogens with zero attached hydrogens (tertiary/aromatic N) is 2. The fraction of sp³-hybridized carbons (Fsp3) is 0.143. The molecule has 0 spiro atoms. The molecule has 13 heavy (non-hydrogen) atoms. The van der Waals surface area contributed by atoms with Crippen molar-refractivity contribution in [3.05, 3.63) is 22.4 Å². The summed E-state index contributed by atoms with van der Waals surface area (Å²) in [4.78, 5) is 14.5. The third-order valence-corrected chi connectivity index (χ3v) is 1.89. The Morgan fingerprint density at radius 3 is 2.31 bits per heavy atom. The molecule has 0 atom stereocenters.